The van der Waals surface area contributed by atoms with Crippen LogP contribution >= 0.6 is 11.8 Å². The third-order valence-corrected chi connectivity index (χ3v) is 4.83. The Labute approximate surface area is 168 Å². The van der Waals surface area contributed by atoms with Crippen molar-refractivity contribution in [2.75, 3.05) is 11.1 Å². The number of thioether (sulfide) groups is 1. The molecule has 1 aromatic heterocycles. The highest BCUT2D eigenvalue weighted by Gasteiger charge is 2.10. The number of carbonyl (C=O) groups is 1. The van der Waals surface area contributed by atoms with Crippen LogP contribution in [0.2, 0.25) is 0 Å². The minimum Gasteiger partial charge on any atom is -0.489 e. The number of nitrogens with zero attached hydrogens (tertiary/aromatic N) is 4. The van der Waals surface area contributed by atoms with Crippen LogP contribution < -0.4 is 10.1 Å². The number of tetrazole rings is 1. The van der Waals surface area contributed by atoms with Crippen LogP contribution in [0.5, 0.6) is 5.75 Å². The van der Waals surface area contributed by atoms with Gasteiger partial charge in [-0.25, -0.2) is 4.68 Å². The van der Waals surface area contributed by atoms with Gasteiger partial charge in [0, 0.05) is 5.69 Å². The molecule has 1 amide bonds. The lowest BCUT2D eigenvalue weighted by atomic mass is 10.2. The predicted octanol–water partition coefficient (Wildman–Crippen LogP) is 3.70. The molecule has 3 aromatic rings. The minimum atomic E-state index is -0.0634. The van der Waals surface area contributed by atoms with Gasteiger partial charge in [-0.1, -0.05) is 30.3 Å². The molecule has 8 heteroatoms. The molecule has 3 rings (SSSR count). The third kappa shape index (κ3) is 5.82. The number of carbonyl (C=O) groups excluding carboxylic acids is 1. The largest absolute Gasteiger partial charge is 0.489 e. The molecular formula is C20H23N5O2S. The molecule has 146 valence electrons. The van der Waals surface area contributed by atoms with Crippen molar-refractivity contribution < 1.29 is 9.53 Å². The summed E-state index contributed by atoms with van der Waals surface area (Å²) in [4.78, 5) is 12.1. The molecule has 1 heterocycles. The van der Waals surface area contributed by atoms with E-state index in [1.165, 1.54) is 11.8 Å². The molecule has 0 spiro atoms. The van der Waals surface area contributed by atoms with E-state index in [0.717, 1.165) is 22.8 Å². The molecular weight excluding hydrogens is 374 g/mol. The van der Waals surface area contributed by atoms with E-state index in [0.29, 0.717) is 18.1 Å². The first kappa shape index (κ1) is 19.9. The molecule has 0 radical (unpaired) electrons. The van der Waals surface area contributed by atoms with Crippen LogP contribution in [0.4, 0.5) is 5.69 Å². The lowest BCUT2D eigenvalue weighted by molar-refractivity contribution is -0.113. The summed E-state index contributed by atoms with van der Waals surface area (Å²) in [6.07, 6.45) is 0. The second-order valence-electron chi connectivity index (χ2n) is 6.47. The molecule has 0 aliphatic heterocycles. The maximum Gasteiger partial charge on any atom is 0.234 e. The summed E-state index contributed by atoms with van der Waals surface area (Å²) in [5.74, 6) is 2.39. The highest BCUT2D eigenvalue weighted by Crippen LogP contribution is 2.18. The molecule has 0 fully saturated rings. The van der Waals surface area contributed by atoms with Crippen molar-refractivity contribution in [3.8, 4) is 5.75 Å². The number of anilines is 1. The average Bonchev–Trinajstić information content (AvgIpc) is 3.17. The van der Waals surface area contributed by atoms with Gasteiger partial charge in [-0.2, -0.15) is 0 Å². The molecule has 2 aromatic carbocycles. The topological polar surface area (TPSA) is 81.9 Å². The smallest absolute Gasteiger partial charge is 0.234 e. The summed E-state index contributed by atoms with van der Waals surface area (Å²) in [5, 5.41) is 14.5. The molecule has 0 saturated carbocycles. The number of benzene rings is 2. The van der Waals surface area contributed by atoms with E-state index in [9.17, 15) is 4.79 Å². The van der Waals surface area contributed by atoms with Gasteiger partial charge < -0.3 is 10.1 Å². The van der Waals surface area contributed by atoms with E-state index in [-0.39, 0.29) is 11.9 Å². The van der Waals surface area contributed by atoms with E-state index in [1.54, 1.807) is 4.68 Å². The van der Waals surface area contributed by atoms with Gasteiger partial charge in [0.15, 0.2) is 5.82 Å². The molecule has 0 unspecified atom stereocenters. The maximum atomic E-state index is 12.1. The second kappa shape index (κ2) is 9.89. The lowest BCUT2D eigenvalue weighted by Crippen LogP contribution is -2.14. The van der Waals surface area contributed by atoms with E-state index in [2.05, 4.69) is 20.8 Å². The van der Waals surface area contributed by atoms with Gasteiger partial charge in [-0.15, -0.1) is 16.9 Å². The molecule has 28 heavy (non-hydrogen) atoms. The Morgan fingerprint density at radius 3 is 2.61 bits per heavy atom. The first-order chi connectivity index (χ1) is 13.6. The molecule has 7 nitrogen and oxygen atoms in total. The fraction of sp³-hybridized carbons (Fsp3) is 0.300. The SMILES string of the molecule is CC(C)n1nnnc1CSCC(=O)Nc1ccc(OCc2ccccc2)cc1. The number of ether oxygens (including phenoxy) is 1. The summed E-state index contributed by atoms with van der Waals surface area (Å²) in [5.41, 5.74) is 1.85. The van der Waals surface area contributed by atoms with Crippen molar-refractivity contribution in [3.05, 3.63) is 66.0 Å². The fourth-order valence-electron chi connectivity index (χ4n) is 2.52. The number of hydrogen-bond acceptors (Lipinski definition) is 6. The van der Waals surface area contributed by atoms with Gasteiger partial charge in [0.05, 0.1) is 17.5 Å². The molecule has 0 aliphatic rings. The molecule has 0 bridgehead atoms. The maximum absolute atomic E-state index is 12.1. The van der Waals surface area contributed by atoms with E-state index in [1.807, 2.05) is 68.4 Å². The van der Waals surface area contributed by atoms with Crippen molar-refractivity contribution in [2.24, 2.45) is 0 Å². The quantitative estimate of drug-likeness (QED) is 0.593. The number of nitrogens with one attached hydrogen (secondary N) is 1. The average molecular weight is 398 g/mol. The van der Waals surface area contributed by atoms with Gasteiger partial charge in [0.25, 0.3) is 0 Å². The van der Waals surface area contributed by atoms with Gasteiger partial charge in [-0.05, 0) is 54.1 Å². The summed E-state index contributed by atoms with van der Waals surface area (Å²) >= 11 is 1.48. The molecule has 1 N–H and O–H groups in total. The monoisotopic (exact) mass is 397 g/mol. The summed E-state index contributed by atoms with van der Waals surface area (Å²) in [6.45, 7) is 4.55. The van der Waals surface area contributed by atoms with Crippen LogP contribution in [0, 0.1) is 0 Å². The molecule has 0 saturated heterocycles. The zero-order chi connectivity index (χ0) is 19.8. The first-order valence-electron chi connectivity index (χ1n) is 9.03. The van der Waals surface area contributed by atoms with Crippen molar-refractivity contribution in [3.63, 3.8) is 0 Å². The van der Waals surface area contributed by atoms with Crippen molar-refractivity contribution >= 4 is 23.4 Å². The Kier molecular flexibility index (Phi) is 7.02. The Balaban J connectivity index is 1.42. The van der Waals surface area contributed by atoms with Gasteiger partial charge >= 0.3 is 0 Å². The van der Waals surface area contributed by atoms with Crippen LogP contribution in [-0.2, 0) is 17.2 Å². The van der Waals surface area contributed by atoms with Crippen molar-refractivity contribution in [1.82, 2.24) is 20.2 Å². The normalized spacial score (nSPS) is 10.8. The Hall–Kier alpha value is -2.87. The predicted molar refractivity (Wildman–Crippen MR) is 110 cm³/mol. The van der Waals surface area contributed by atoms with Crippen LogP contribution in [0.1, 0.15) is 31.3 Å². The number of rotatable bonds is 9. The van der Waals surface area contributed by atoms with Gasteiger partial charge in [-0.3, -0.25) is 4.79 Å². The fourth-order valence-corrected chi connectivity index (χ4v) is 3.25. The summed E-state index contributed by atoms with van der Waals surface area (Å²) in [7, 11) is 0. The zero-order valence-electron chi connectivity index (χ0n) is 15.9. The van der Waals surface area contributed by atoms with Crippen molar-refractivity contribution in [2.45, 2.75) is 32.2 Å². The van der Waals surface area contributed by atoms with E-state index in [4.69, 9.17) is 4.74 Å². The number of aromatic nitrogens is 4. The van der Waals surface area contributed by atoms with Crippen LogP contribution in [0.25, 0.3) is 0 Å². The van der Waals surface area contributed by atoms with Crippen LogP contribution in [0.3, 0.4) is 0 Å². The lowest BCUT2D eigenvalue weighted by Gasteiger charge is -2.09. The summed E-state index contributed by atoms with van der Waals surface area (Å²) in [6, 6.07) is 17.6. The minimum absolute atomic E-state index is 0.0634. The highest BCUT2D eigenvalue weighted by molar-refractivity contribution is 7.99. The first-order valence-corrected chi connectivity index (χ1v) is 10.2. The van der Waals surface area contributed by atoms with Gasteiger partial charge in [0.1, 0.15) is 12.4 Å². The molecule has 0 atom stereocenters. The summed E-state index contributed by atoms with van der Waals surface area (Å²) < 4.78 is 7.51. The van der Waals surface area contributed by atoms with Crippen LogP contribution in [-0.4, -0.2) is 31.9 Å². The van der Waals surface area contributed by atoms with E-state index >= 15 is 0 Å². The standard InChI is InChI=1S/C20H23N5O2S/c1-15(2)25-19(22-23-24-25)13-28-14-20(26)21-17-8-10-18(11-9-17)27-12-16-6-4-3-5-7-16/h3-11,15H,12-14H2,1-2H3,(H,21,26). The Morgan fingerprint density at radius 2 is 1.89 bits per heavy atom. The Bertz CT molecular complexity index is 881. The van der Waals surface area contributed by atoms with E-state index < -0.39 is 0 Å². The second-order valence-corrected chi connectivity index (χ2v) is 7.46. The van der Waals surface area contributed by atoms with Crippen LogP contribution in [0.15, 0.2) is 54.6 Å². The zero-order valence-corrected chi connectivity index (χ0v) is 16.7. The Morgan fingerprint density at radius 1 is 1.14 bits per heavy atom. The molecule has 0 aliphatic carbocycles. The van der Waals surface area contributed by atoms with Gasteiger partial charge in [0.2, 0.25) is 5.91 Å². The van der Waals surface area contributed by atoms with Crippen molar-refractivity contribution in [1.29, 1.82) is 0 Å². The number of hydrogen-bond donors (Lipinski definition) is 1. The third-order valence-electron chi connectivity index (χ3n) is 3.90. The highest BCUT2D eigenvalue weighted by atomic mass is 32.2. The number of amides is 1.